The van der Waals surface area contributed by atoms with Gasteiger partial charge in [0.25, 0.3) is 5.91 Å². The van der Waals surface area contributed by atoms with Crippen molar-refractivity contribution in [2.45, 2.75) is 12.5 Å². The third-order valence-electron chi connectivity index (χ3n) is 3.59. The van der Waals surface area contributed by atoms with Crippen molar-refractivity contribution in [3.63, 3.8) is 0 Å². The van der Waals surface area contributed by atoms with Crippen molar-refractivity contribution in [1.29, 1.82) is 0 Å². The quantitative estimate of drug-likeness (QED) is 0.909. The number of nitrogens with two attached hydrogens (primary N) is 1. The van der Waals surface area contributed by atoms with Crippen LogP contribution in [0.2, 0.25) is 0 Å². The molecule has 0 radical (unpaired) electrons. The first-order valence-corrected chi connectivity index (χ1v) is 7.33. The molecule has 0 fully saturated rings. The first-order chi connectivity index (χ1) is 10.1. The number of hydrogen-bond acceptors (Lipinski definition) is 2. The lowest BCUT2D eigenvalue weighted by molar-refractivity contribution is -0.119. The van der Waals surface area contributed by atoms with Crippen molar-refractivity contribution >= 4 is 33.4 Å². The highest BCUT2D eigenvalue weighted by Crippen LogP contribution is 2.33. The second-order valence-electron chi connectivity index (χ2n) is 4.94. The van der Waals surface area contributed by atoms with Crippen molar-refractivity contribution in [2.24, 2.45) is 5.73 Å². The largest absolute Gasteiger partial charge is 0.368 e. The smallest absolute Gasteiger partial charge is 0.259 e. The average molecular weight is 345 g/mol. The number of primary amides is 1. The Morgan fingerprint density at radius 1 is 1.14 bits per heavy atom. The maximum Gasteiger partial charge on any atom is 0.259 e. The summed E-state index contributed by atoms with van der Waals surface area (Å²) in [4.78, 5) is 26.0. The molecule has 0 bridgehead atoms. The molecule has 1 aliphatic rings. The minimum atomic E-state index is -0.631. The van der Waals surface area contributed by atoms with Crippen LogP contribution in [0.15, 0.2) is 53.0 Å². The lowest BCUT2D eigenvalue weighted by Gasteiger charge is -2.23. The Kier molecular flexibility index (Phi) is 3.51. The van der Waals surface area contributed by atoms with E-state index in [-0.39, 0.29) is 5.91 Å². The summed E-state index contributed by atoms with van der Waals surface area (Å²) in [5.74, 6) is -0.709. The second-order valence-corrected chi connectivity index (χ2v) is 5.85. The van der Waals surface area contributed by atoms with E-state index in [1.807, 2.05) is 30.3 Å². The van der Waals surface area contributed by atoms with E-state index in [9.17, 15) is 9.59 Å². The zero-order chi connectivity index (χ0) is 15.0. The van der Waals surface area contributed by atoms with Gasteiger partial charge in [0.15, 0.2) is 0 Å². The van der Waals surface area contributed by atoms with Crippen LogP contribution >= 0.6 is 15.9 Å². The van der Waals surface area contributed by atoms with Crippen molar-refractivity contribution in [1.82, 2.24) is 0 Å². The minimum Gasteiger partial charge on any atom is -0.368 e. The van der Waals surface area contributed by atoms with Gasteiger partial charge in [-0.05, 0) is 29.8 Å². The number of fused-ring (bicyclic) bond motifs is 1. The molecule has 1 aliphatic heterocycles. The molecule has 106 valence electrons. The van der Waals surface area contributed by atoms with Gasteiger partial charge in [0.1, 0.15) is 6.04 Å². The van der Waals surface area contributed by atoms with E-state index in [0.29, 0.717) is 12.0 Å². The number of rotatable bonds is 2. The number of anilines is 1. The van der Waals surface area contributed by atoms with Gasteiger partial charge in [-0.2, -0.15) is 0 Å². The number of halogens is 1. The van der Waals surface area contributed by atoms with Gasteiger partial charge >= 0.3 is 0 Å². The Bertz CT molecular complexity index is 730. The summed E-state index contributed by atoms with van der Waals surface area (Å²) in [6.07, 6.45) is 0.464. The van der Waals surface area contributed by atoms with Crippen LogP contribution in [0.3, 0.4) is 0 Å². The van der Waals surface area contributed by atoms with Crippen molar-refractivity contribution in [3.8, 4) is 0 Å². The molecule has 0 saturated carbocycles. The number of carbonyl (C=O) groups excluding carboxylic acids is 2. The van der Waals surface area contributed by atoms with E-state index in [2.05, 4.69) is 15.9 Å². The molecule has 5 heteroatoms. The monoisotopic (exact) mass is 344 g/mol. The summed E-state index contributed by atoms with van der Waals surface area (Å²) >= 11 is 3.35. The lowest BCUT2D eigenvalue weighted by Crippen LogP contribution is -2.46. The molecule has 21 heavy (non-hydrogen) atoms. The first kappa shape index (κ1) is 13.8. The molecule has 2 N–H and O–H groups in total. The van der Waals surface area contributed by atoms with Gasteiger partial charge in [-0.3, -0.25) is 14.5 Å². The Labute approximate surface area is 130 Å². The van der Waals surface area contributed by atoms with E-state index >= 15 is 0 Å². The zero-order valence-corrected chi connectivity index (χ0v) is 12.7. The number of carbonyl (C=O) groups is 2. The number of nitrogens with zero attached hydrogens (tertiary/aromatic N) is 1. The fourth-order valence-electron chi connectivity index (χ4n) is 2.63. The van der Waals surface area contributed by atoms with E-state index < -0.39 is 11.9 Å². The predicted octanol–water partition coefficient (Wildman–Crippen LogP) is 2.51. The maximum atomic E-state index is 12.8. The maximum absolute atomic E-state index is 12.8. The molecule has 0 aromatic heterocycles. The van der Waals surface area contributed by atoms with E-state index in [4.69, 9.17) is 5.73 Å². The highest BCUT2D eigenvalue weighted by atomic mass is 79.9. The van der Waals surface area contributed by atoms with Crippen LogP contribution in [0.25, 0.3) is 0 Å². The van der Waals surface area contributed by atoms with Gasteiger partial charge in [0.2, 0.25) is 5.91 Å². The average Bonchev–Trinajstić information content (AvgIpc) is 2.86. The molecule has 2 aromatic carbocycles. The Balaban J connectivity index is 2.05. The second kappa shape index (κ2) is 5.33. The molecule has 2 aromatic rings. The summed E-state index contributed by atoms with van der Waals surface area (Å²) in [7, 11) is 0. The van der Waals surface area contributed by atoms with Gasteiger partial charge in [-0.1, -0.05) is 40.2 Å². The lowest BCUT2D eigenvalue weighted by atomic mass is 10.1. The van der Waals surface area contributed by atoms with E-state index in [0.717, 1.165) is 15.7 Å². The fraction of sp³-hybridized carbons (Fsp3) is 0.125. The van der Waals surface area contributed by atoms with Crippen LogP contribution in [-0.2, 0) is 11.2 Å². The standard InChI is InChI=1S/C16H13BrN2O2/c17-12-6-3-5-11(8-12)16(21)19-13-7-2-1-4-10(13)9-14(19)15(18)20/h1-8,14H,9H2,(H2,18,20)/t14-/m1/s1. The third kappa shape index (κ3) is 2.45. The van der Waals surface area contributed by atoms with Crippen LogP contribution < -0.4 is 10.6 Å². The van der Waals surface area contributed by atoms with Gasteiger partial charge in [-0.15, -0.1) is 0 Å². The highest BCUT2D eigenvalue weighted by Gasteiger charge is 2.37. The summed E-state index contributed by atoms with van der Waals surface area (Å²) in [6, 6.07) is 14.0. The Hall–Kier alpha value is -2.14. The molecule has 0 unspecified atom stereocenters. The Morgan fingerprint density at radius 3 is 2.62 bits per heavy atom. The predicted molar refractivity (Wildman–Crippen MR) is 84.1 cm³/mol. The highest BCUT2D eigenvalue weighted by molar-refractivity contribution is 9.10. The van der Waals surface area contributed by atoms with Crippen molar-refractivity contribution in [2.75, 3.05) is 4.90 Å². The SMILES string of the molecule is NC(=O)[C@H]1Cc2ccccc2N1C(=O)c1cccc(Br)c1. The van der Waals surface area contributed by atoms with E-state index in [1.165, 1.54) is 4.90 Å². The summed E-state index contributed by atoms with van der Waals surface area (Å²) in [5.41, 5.74) is 7.71. The van der Waals surface area contributed by atoms with E-state index in [1.54, 1.807) is 18.2 Å². The summed E-state index contributed by atoms with van der Waals surface area (Å²) < 4.78 is 0.816. The summed E-state index contributed by atoms with van der Waals surface area (Å²) in [5, 5.41) is 0. The minimum absolute atomic E-state index is 0.218. The first-order valence-electron chi connectivity index (χ1n) is 6.54. The molecule has 1 heterocycles. The van der Waals surface area contributed by atoms with Crippen LogP contribution in [0.1, 0.15) is 15.9 Å². The molecule has 0 aliphatic carbocycles. The molecule has 1 atom stereocenters. The van der Waals surface area contributed by atoms with Gasteiger partial charge in [-0.25, -0.2) is 0 Å². The van der Waals surface area contributed by atoms with Crippen LogP contribution in [0.4, 0.5) is 5.69 Å². The van der Waals surface area contributed by atoms with Crippen molar-refractivity contribution < 1.29 is 9.59 Å². The number of amides is 2. The van der Waals surface area contributed by atoms with Gasteiger partial charge < -0.3 is 5.73 Å². The molecule has 4 nitrogen and oxygen atoms in total. The number of para-hydroxylation sites is 1. The molecular formula is C16H13BrN2O2. The van der Waals surface area contributed by atoms with Crippen LogP contribution in [0.5, 0.6) is 0 Å². The van der Waals surface area contributed by atoms with Crippen molar-refractivity contribution in [3.05, 3.63) is 64.1 Å². The molecule has 3 rings (SSSR count). The number of benzene rings is 2. The fourth-order valence-corrected chi connectivity index (χ4v) is 3.02. The van der Waals surface area contributed by atoms with Crippen LogP contribution in [0, 0.1) is 0 Å². The zero-order valence-electron chi connectivity index (χ0n) is 11.1. The molecule has 2 amide bonds. The molecule has 0 saturated heterocycles. The number of hydrogen-bond donors (Lipinski definition) is 1. The van der Waals surface area contributed by atoms with Gasteiger partial charge in [0.05, 0.1) is 0 Å². The topological polar surface area (TPSA) is 63.4 Å². The normalized spacial score (nSPS) is 16.6. The molecule has 0 spiro atoms. The Morgan fingerprint density at radius 2 is 1.90 bits per heavy atom. The molecular weight excluding hydrogens is 332 g/mol. The summed E-state index contributed by atoms with van der Waals surface area (Å²) in [6.45, 7) is 0. The van der Waals surface area contributed by atoms with Crippen LogP contribution in [-0.4, -0.2) is 17.9 Å². The van der Waals surface area contributed by atoms with Gasteiger partial charge in [0, 0.05) is 22.1 Å². The third-order valence-corrected chi connectivity index (χ3v) is 4.09.